The molecule has 1 aliphatic rings. The molecule has 1 aromatic carbocycles. The average molecular weight is 376 g/mol. The van der Waals surface area contributed by atoms with E-state index in [1.807, 2.05) is 6.92 Å². The molecule has 1 atom stereocenters. The summed E-state index contributed by atoms with van der Waals surface area (Å²) in [6.45, 7) is 3.31. The van der Waals surface area contributed by atoms with Gasteiger partial charge < -0.3 is 15.4 Å². The summed E-state index contributed by atoms with van der Waals surface area (Å²) in [6.07, 6.45) is 4.22. The molecule has 2 rings (SSSR count). The molecule has 0 aromatic heterocycles. The van der Waals surface area contributed by atoms with Crippen LogP contribution in [-0.2, 0) is 4.79 Å². The van der Waals surface area contributed by atoms with Crippen molar-refractivity contribution in [1.82, 2.24) is 5.32 Å². The van der Waals surface area contributed by atoms with Gasteiger partial charge in [-0.15, -0.1) is 0 Å². The van der Waals surface area contributed by atoms with E-state index in [4.69, 9.17) is 16.3 Å². The van der Waals surface area contributed by atoms with Crippen LogP contribution >= 0.6 is 27.5 Å². The van der Waals surface area contributed by atoms with Gasteiger partial charge >= 0.3 is 0 Å². The Hall–Kier alpha value is -0.780. The Labute approximate surface area is 138 Å². The minimum Gasteiger partial charge on any atom is -0.491 e. The van der Waals surface area contributed by atoms with Crippen LogP contribution in [0, 0.1) is 0 Å². The van der Waals surface area contributed by atoms with E-state index in [9.17, 15) is 4.79 Å². The van der Waals surface area contributed by atoms with Gasteiger partial charge in [0.05, 0.1) is 22.8 Å². The number of nitrogens with one attached hydrogen (secondary N) is 2. The van der Waals surface area contributed by atoms with Gasteiger partial charge in [0.2, 0.25) is 5.91 Å². The van der Waals surface area contributed by atoms with E-state index in [-0.39, 0.29) is 11.9 Å². The molecule has 21 heavy (non-hydrogen) atoms. The van der Waals surface area contributed by atoms with Gasteiger partial charge in [0.25, 0.3) is 0 Å². The van der Waals surface area contributed by atoms with Crippen LogP contribution < -0.4 is 15.4 Å². The highest BCUT2D eigenvalue weighted by Crippen LogP contribution is 2.36. The SMILES string of the molecule is CCOc1c(Br)cc(Cl)cc1NC(=O)C1CCCCCN1. The maximum atomic E-state index is 12.4. The first-order valence-electron chi connectivity index (χ1n) is 7.28. The zero-order valence-corrected chi connectivity index (χ0v) is 14.4. The monoisotopic (exact) mass is 374 g/mol. The smallest absolute Gasteiger partial charge is 0.241 e. The zero-order valence-electron chi connectivity index (χ0n) is 12.0. The third-order valence-electron chi connectivity index (χ3n) is 3.43. The van der Waals surface area contributed by atoms with Crippen LogP contribution in [0.2, 0.25) is 5.02 Å². The van der Waals surface area contributed by atoms with Crippen molar-refractivity contribution in [1.29, 1.82) is 0 Å². The molecule has 0 aliphatic carbocycles. The molecule has 4 nitrogen and oxygen atoms in total. The highest BCUT2D eigenvalue weighted by atomic mass is 79.9. The van der Waals surface area contributed by atoms with Gasteiger partial charge in [-0.25, -0.2) is 0 Å². The number of hydrogen-bond acceptors (Lipinski definition) is 3. The lowest BCUT2D eigenvalue weighted by atomic mass is 10.1. The maximum absolute atomic E-state index is 12.4. The molecule has 1 amide bonds. The van der Waals surface area contributed by atoms with Crippen molar-refractivity contribution in [3.05, 3.63) is 21.6 Å². The van der Waals surface area contributed by atoms with Gasteiger partial charge in [0.15, 0.2) is 5.75 Å². The van der Waals surface area contributed by atoms with E-state index in [1.54, 1.807) is 12.1 Å². The molecule has 1 fully saturated rings. The second-order valence-corrected chi connectivity index (χ2v) is 6.33. The number of rotatable bonds is 4. The molecule has 1 unspecified atom stereocenters. The summed E-state index contributed by atoms with van der Waals surface area (Å²) in [5.41, 5.74) is 0.604. The number of carbonyl (C=O) groups excluding carboxylic acids is 1. The Kier molecular flexibility index (Phi) is 6.33. The molecule has 0 spiro atoms. The zero-order chi connectivity index (χ0) is 15.2. The Morgan fingerprint density at radius 1 is 1.48 bits per heavy atom. The van der Waals surface area contributed by atoms with Crippen molar-refractivity contribution in [3.8, 4) is 5.75 Å². The van der Waals surface area contributed by atoms with Crippen LogP contribution in [0.15, 0.2) is 16.6 Å². The van der Waals surface area contributed by atoms with Gasteiger partial charge in [-0.1, -0.05) is 24.4 Å². The highest BCUT2D eigenvalue weighted by Gasteiger charge is 2.21. The summed E-state index contributed by atoms with van der Waals surface area (Å²) in [6, 6.07) is 3.32. The van der Waals surface area contributed by atoms with Crippen LogP contribution in [0.25, 0.3) is 0 Å². The number of hydrogen-bond donors (Lipinski definition) is 2. The van der Waals surface area contributed by atoms with E-state index in [0.29, 0.717) is 23.1 Å². The van der Waals surface area contributed by atoms with Gasteiger partial charge in [-0.3, -0.25) is 4.79 Å². The average Bonchev–Trinajstić information content (AvgIpc) is 2.71. The first kappa shape index (κ1) is 16.6. The van der Waals surface area contributed by atoms with Crippen LogP contribution in [0.4, 0.5) is 5.69 Å². The quantitative estimate of drug-likeness (QED) is 0.837. The van der Waals surface area contributed by atoms with Crippen molar-refractivity contribution in [2.24, 2.45) is 0 Å². The third-order valence-corrected chi connectivity index (χ3v) is 4.24. The molecular weight excluding hydrogens is 356 g/mol. The van der Waals surface area contributed by atoms with Crippen LogP contribution in [0.1, 0.15) is 32.6 Å². The molecule has 116 valence electrons. The van der Waals surface area contributed by atoms with Crippen LogP contribution in [-0.4, -0.2) is 25.1 Å². The molecule has 0 radical (unpaired) electrons. The standard InChI is InChI=1S/C15H20BrClN2O2/c1-2-21-14-11(16)8-10(17)9-13(14)19-15(20)12-6-4-3-5-7-18-12/h8-9,12,18H,2-7H2,1H3,(H,19,20). The topological polar surface area (TPSA) is 50.4 Å². The predicted octanol–water partition coefficient (Wildman–Crippen LogP) is 3.97. The van der Waals surface area contributed by atoms with Gasteiger partial charge in [0, 0.05) is 5.02 Å². The van der Waals surface area contributed by atoms with Crippen molar-refractivity contribution >= 4 is 39.1 Å². The molecule has 1 saturated heterocycles. The molecule has 6 heteroatoms. The van der Waals surface area contributed by atoms with E-state index in [2.05, 4.69) is 26.6 Å². The number of benzene rings is 1. The number of ether oxygens (including phenoxy) is 1. The number of anilines is 1. The van der Waals surface area contributed by atoms with E-state index in [0.717, 1.165) is 30.3 Å². The summed E-state index contributed by atoms with van der Waals surface area (Å²) < 4.78 is 6.33. The largest absolute Gasteiger partial charge is 0.491 e. The molecule has 0 saturated carbocycles. The first-order valence-corrected chi connectivity index (χ1v) is 8.45. The fourth-order valence-electron chi connectivity index (χ4n) is 2.42. The fourth-order valence-corrected chi connectivity index (χ4v) is 3.34. The van der Waals surface area contributed by atoms with Crippen molar-refractivity contribution in [2.75, 3.05) is 18.5 Å². The number of amides is 1. The normalized spacial score (nSPS) is 18.9. The first-order chi connectivity index (χ1) is 10.1. The molecule has 0 bridgehead atoms. The van der Waals surface area contributed by atoms with Gasteiger partial charge in [0.1, 0.15) is 0 Å². The van der Waals surface area contributed by atoms with Crippen LogP contribution in [0.3, 0.4) is 0 Å². The lowest BCUT2D eigenvalue weighted by Gasteiger charge is -2.18. The molecule has 1 heterocycles. The Morgan fingerprint density at radius 3 is 3.05 bits per heavy atom. The van der Waals surface area contributed by atoms with Crippen LogP contribution in [0.5, 0.6) is 5.75 Å². The Morgan fingerprint density at radius 2 is 2.29 bits per heavy atom. The lowest BCUT2D eigenvalue weighted by Crippen LogP contribution is -2.39. The Bertz CT molecular complexity index is 503. The lowest BCUT2D eigenvalue weighted by molar-refractivity contribution is -0.118. The third kappa shape index (κ3) is 4.59. The summed E-state index contributed by atoms with van der Waals surface area (Å²) in [5, 5.41) is 6.77. The fraction of sp³-hybridized carbons (Fsp3) is 0.533. The second-order valence-electron chi connectivity index (χ2n) is 5.04. The van der Waals surface area contributed by atoms with Gasteiger partial charge in [-0.05, 0) is 54.4 Å². The summed E-state index contributed by atoms with van der Waals surface area (Å²) >= 11 is 9.49. The number of halogens is 2. The highest BCUT2D eigenvalue weighted by molar-refractivity contribution is 9.10. The molecule has 2 N–H and O–H groups in total. The minimum atomic E-state index is -0.153. The summed E-state index contributed by atoms with van der Waals surface area (Å²) in [7, 11) is 0. The second kappa shape index (κ2) is 8.01. The molecule has 1 aliphatic heterocycles. The Balaban J connectivity index is 2.15. The van der Waals surface area contributed by atoms with E-state index in [1.165, 1.54) is 6.42 Å². The predicted molar refractivity (Wildman–Crippen MR) is 89.2 cm³/mol. The minimum absolute atomic E-state index is 0.0352. The molecule has 1 aromatic rings. The van der Waals surface area contributed by atoms with E-state index >= 15 is 0 Å². The maximum Gasteiger partial charge on any atom is 0.241 e. The van der Waals surface area contributed by atoms with E-state index < -0.39 is 0 Å². The molecular formula is C15H20BrClN2O2. The van der Waals surface area contributed by atoms with Crippen molar-refractivity contribution in [3.63, 3.8) is 0 Å². The summed E-state index contributed by atoms with van der Waals surface area (Å²) in [4.78, 5) is 12.4. The van der Waals surface area contributed by atoms with Gasteiger partial charge in [-0.2, -0.15) is 0 Å². The number of carbonyl (C=O) groups is 1. The van der Waals surface area contributed by atoms with Crippen molar-refractivity contribution < 1.29 is 9.53 Å². The summed E-state index contributed by atoms with van der Waals surface area (Å²) in [5.74, 6) is 0.580. The van der Waals surface area contributed by atoms with Crippen molar-refractivity contribution in [2.45, 2.75) is 38.6 Å².